The fraction of sp³-hybridized carbons (Fsp3) is 0.688. The monoisotopic (exact) mass is 295 g/mol. The second-order valence-electron chi connectivity index (χ2n) is 5.75. The first-order chi connectivity index (χ1) is 10.2. The lowest BCUT2D eigenvalue weighted by atomic mass is 10.00. The number of hydrogen-bond acceptors (Lipinski definition) is 4. The molecule has 1 fully saturated rings. The Bertz CT molecular complexity index is 436. The summed E-state index contributed by atoms with van der Waals surface area (Å²) < 4.78 is 18.9. The van der Waals surface area contributed by atoms with Gasteiger partial charge < -0.3 is 15.0 Å². The summed E-state index contributed by atoms with van der Waals surface area (Å²) in [5.74, 6) is 1.24. The smallest absolute Gasteiger partial charge is 0.141 e. The number of hydrogen-bond donors (Lipinski definition) is 1. The molecule has 1 aromatic rings. The van der Waals surface area contributed by atoms with Gasteiger partial charge >= 0.3 is 0 Å². The van der Waals surface area contributed by atoms with Crippen LogP contribution in [0.3, 0.4) is 0 Å². The van der Waals surface area contributed by atoms with E-state index in [2.05, 4.69) is 22.1 Å². The summed E-state index contributed by atoms with van der Waals surface area (Å²) in [6, 6.07) is 1.59. The molecule has 0 saturated carbocycles. The lowest BCUT2D eigenvalue weighted by Crippen LogP contribution is -2.31. The molecule has 1 saturated heterocycles. The zero-order valence-corrected chi connectivity index (χ0v) is 13.1. The third-order valence-corrected chi connectivity index (χ3v) is 3.89. The Morgan fingerprint density at radius 2 is 2.19 bits per heavy atom. The Hall–Kier alpha value is -1.20. The lowest BCUT2D eigenvalue weighted by molar-refractivity contribution is 0.0685. The van der Waals surface area contributed by atoms with E-state index < -0.39 is 0 Å². The molecule has 1 aromatic heterocycles. The van der Waals surface area contributed by atoms with Crippen molar-refractivity contribution < 1.29 is 9.13 Å². The van der Waals surface area contributed by atoms with Gasteiger partial charge in [-0.3, -0.25) is 0 Å². The van der Waals surface area contributed by atoms with Crippen LogP contribution in [0.4, 0.5) is 10.2 Å². The maximum absolute atomic E-state index is 13.5. The first-order valence-electron chi connectivity index (χ1n) is 7.84. The van der Waals surface area contributed by atoms with Gasteiger partial charge in [-0.05, 0) is 37.8 Å². The number of rotatable bonds is 7. The molecule has 21 heavy (non-hydrogen) atoms. The second-order valence-corrected chi connectivity index (χ2v) is 5.75. The average molecular weight is 295 g/mol. The molecule has 2 heterocycles. The summed E-state index contributed by atoms with van der Waals surface area (Å²) in [6.07, 6.45) is 4.55. The molecule has 0 spiro atoms. The minimum atomic E-state index is -0.272. The van der Waals surface area contributed by atoms with Crippen molar-refractivity contribution >= 4 is 5.82 Å². The quantitative estimate of drug-likeness (QED) is 0.785. The number of nitrogens with one attached hydrogen (secondary N) is 1. The van der Waals surface area contributed by atoms with Crippen LogP contribution in [0.2, 0.25) is 0 Å². The predicted octanol–water partition coefficient (Wildman–Crippen LogP) is 2.58. The molecule has 0 amide bonds. The van der Waals surface area contributed by atoms with Gasteiger partial charge in [-0.15, -0.1) is 0 Å². The van der Waals surface area contributed by atoms with E-state index in [9.17, 15) is 4.39 Å². The molecule has 0 radical (unpaired) electrons. The molecule has 0 unspecified atom stereocenters. The molecule has 1 aliphatic heterocycles. The molecule has 118 valence electrons. The first kappa shape index (κ1) is 16.2. The topological polar surface area (TPSA) is 37.4 Å². The van der Waals surface area contributed by atoms with Crippen LogP contribution in [0.25, 0.3) is 0 Å². The van der Waals surface area contributed by atoms with Gasteiger partial charge in [0.25, 0.3) is 0 Å². The maximum atomic E-state index is 13.5. The highest BCUT2D eigenvalue weighted by molar-refractivity contribution is 5.46. The predicted molar refractivity (Wildman–Crippen MR) is 83.0 cm³/mol. The van der Waals surface area contributed by atoms with Crippen molar-refractivity contribution in [3.63, 3.8) is 0 Å². The maximum Gasteiger partial charge on any atom is 0.141 e. The Kier molecular flexibility index (Phi) is 6.39. The highest BCUT2D eigenvalue weighted by Gasteiger charge is 2.18. The number of halogens is 1. The van der Waals surface area contributed by atoms with E-state index in [0.717, 1.165) is 56.9 Å². The molecule has 5 heteroatoms. The van der Waals surface area contributed by atoms with Crippen LogP contribution in [0.15, 0.2) is 12.3 Å². The van der Waals surface area contributed by atoms with E-state index in [1.807, 2.05) is 7.05 Å². The number of anilines is 1. The molecule has 0 aliphatic carbocycles. The number of ether oxygens (including phenoxy) is 1. The summed E-state index contributed by atoms with van der Waals surface area (Å²) >= 11 is 0. The fourth-order valence-corrected chi connectivity index (χ4v) is 2.75. The molecule has 2 rings (SSSR count). The van der Waals surface area contributed by atoms with E-state index in [1.165, 1.54) is 6.20 Å². The normalized spacial score (nSPS) is 16.1. The molecule has 1 aliphatic rings. The number of aromatic nitrogens is 1. The van der Waals surface area contributed by atoms with Gasteiger partial charge in [0, 0.05) is 38.9 Å². The fourth-order valence-electron chi connectivity index (χ4n) is 2.75. The second kappa shape index (κ2) is 8.29. The van der Waals surface area contributed by atoms with Gasteiger partial charge in [0.1, 0.15) is 11.6 Å². The Morgan fingerprint density at radius 1 is 1.43 bits per heavy atom. The van der Waals surface area contributed by atoms with Gasteiger partial charge in [0.2, 0.25) is 0 Å². The van der Waals surface area contributed by atoms with E-state index in [0.29, 0.717) is 12.5 Å². The van der Waals surface area contributed by atoms with Crippen molar-refractivity contribution in [1.29, 1.82) is 0 Å². The SMILES string of the molecule is CCCNCc1cc(F)cnc1N(C)CC1CCOCC1. The zero-order chi connectivity index (χ0) is 15.1. The minimum Gasteiger partial charge on any atom is -0.381 e. The van der Waals surface area contributed by atoms with Crippen molar-refractivity contribution in [1.82, 2.24) is 10.3 Å². The van der Waals surface area contributed by atoms with Gasteiger partial charge in [-0.1, -0.05) is 6.92 Å². The summed E-state index contributed by atoms with van der Waals surface area (Å²) in [6.45, 7) is 6.35. The van der Waals surface area contributed by atoms with Crippen molar-refractivity contribution in [2.24, 2.45) is 5.92 Å². The summed E-state index contributed by atoms with van der Waals surface area (Å²) in [5.41, 5.74) is 0.929. The van der Waals surface area contributed by atoms with E-state index in [4.69, 9.17) is 4.74 Å². The molecular weight excluding hydrogens is 269 g/mol. The van der Waals surface area contributed by atoms with Crippen molar-refractivity contribution in [2.45, 2.75) is 32.7 Å². The Balaban J connectivity index is 2.01. The van der Waals surface area contributed by atoms with Gasteiger partial charge in [-0.25, -0.2) is 9.37 Å². The van der Waals surface area contributed by atoms with Crippen molar-refractivity contribution in [3.05, 3.63) is 23.6 Å². The third kappa shape index (κ3) is 4.93. The highest BCUT2D eigenvalue weighted by Crippen LogP contribution is 2.22. The van der Waals surface area contributed by atoms with E-state index in [1.54, 1.807) is 6.07 Å². The largest absolute Gasteiger partial charge is 0.381 e. The van der Waals surface area contributed by atoms with Crippen LogP contribution in [0.1, 0.15) is 31.7 Å². The standard InChI is InChI=1S/C16H26FN3O/c1-3-6-18-10-14-9-15(17)11-19-16(14)20(2)12-13-4-7-21-8-5-13/h9,11,13,18H,3-8,10,12H2,1-2H3. The van der Waals surface area contributed by atoms with Crippen LogP contribution >= 0.6 is 0 Å². The Morgan fingerprint density at radius 3 is 2.90 bits per heavy atom. The van der Waals surface area contributed by atoms with E-state index in [-0.39, 0.29) is 5.82 Å². The van der Waals surface area contributed by atoms with Crippen LogP contribution in [0.5, 0.6) is 0 Å². The van der Waals surface area contributed by atoms with Crippen LogP contribution in [-0.2, 0) is 11.3 Å². The zero-order valence-electron chi connectivity index (χ0n) is 13.1. The molecule has 0 aromatic carbocycles. The number of nitrogens with zero attached hydrogens (tertiary/aromatic N) is 2. The van der Waals surface area contributed by atoms with Gasteiger partial charge in [0.15, 0.2) is 0 Å². The third-order valence-electron chi connectivity index (χ3n) is 3.89. The van der Waals surface area contributed by atoms with E-state index >= 15 is 0 Å². The van der Waals surface area contributed by atoms with Crippen LogP contribution in [-0.4, -0.2) is 38.3 Å². The first-order valence-corrected chi connectivity index (χ1v) is 7.84. The van der Waals surface area contributed by atoms with Crippen molar-refractivity contribution in [2.75, 3.05) is 38.3 Å². The molecule has 0 bridgehead atoms. The van der Waals surface area contributed by atoms with Gasteiger partial charge in [-0.2, -0.15) is 0 Å². The highest BCUT2D eigenvalue weighted by atomic mass is 19.1. The minimum absolute atomic E-state index is 0.272. The Labute approximate surface area is 126 Å². The molecule has 4 nitrogen and oxygen atoms in total. The van der Waals surface area contributed by atoms with Crippen LogP contribution in [0, 0.1) is 11.7 Å². The average Bonchev–Trinajstić information content (AvgIpc) is 2.48. The number of pyridine rings is 1. The summed E-state index contributed by atoms with van der Waals surface area (Å²) in [4.78, 5) is 6.45. The summed E-state index contributed by atoms with van der Waals surface area (Å²) in [7, 11) is 2.04. The van der Waals surface area contributed by atoms with Crippen LogP contribution < -0.4 is 10.2 Å². The summed E-state index contributed by atoms with van der Waals surface area (Å²) in [5, 5.41) is 3.32. The molecular formula is C16H26FN3O. The molecule has 0 atom stereocenters. The van der Waals surface area contributed by atoms with Crippen molar-refractivity contribution in [3.8, 4) is 0 Å². The molecule has 1 N–H and O–H groups in total. The lowest BCUT2D eigenvalue weighted by Gasteiger charge is -2.29. The van der Waals surface area contributed by atoms with Gasteiger partial charge in [0.05, 0.1) is 6.20 Å².